The molecule has 11 aromatic heterocycles. The van der Waals surface area contributed by atoms with E-state index in [0.29, 0.717) is 0 Å². The van der Waals surface area contributed by atoms with Crippen molar-refractivity contribution >= 4 is 109 Å². The van der Waals surface area contributed by atoms with Crippen LogP contribution in [-0.2, 0) is 0 Å². The highest BCUT2D eigenvalue weighted by molar-refractivity contribution is 6.13. The predicted molar refractivity (Wildman–Crippen MR) is 612 cm³/mol. The number of benzene rings is 17. The maximum Gasteiger partial charge on any atom is 0.0978 e. The van der Waals surface area contributed by atoms with Crippen LogP contribution in [0.15, 0.2) is 529 Å². The second-order valence-corrected chi connectivity index (χ2v) is 37.3. The summed E-state index contributed by atoms with van der Waals surface area (Å²) < 4.78 is 0. The minimum absolute atomic E-state index is 0.904. The van der Waals surface area contributed by atoms with Crippen LogP contribution in [0, 0.1) is 0 Å². The Balaban J connectivity index is 0.000000113. The summed E-state index contributed by atoms with van der Waals surface area (Å²) in [5, 5.41) is 14.6. The average molecular weight is 1890 g/mol. The van der Waals surface area contributed by atoms with Crippen molar-refractivity contribution in [1.82, 2.24) is 54.8 Å². The van der Waals surface area contributed by atoms with Crippen molar-refractivity contribution in [3.05, 3.63) is 529 Å². The SMILES string of the molecule is c1ccc(-c2cc(-c3ccc(-c4cc(-c5cc6ccccc6cn5)cc(-c5cc6ccccc6cn5)c4)cc3)c3ccc4cccnc4c3n2)cc1.c1ccc(-c2cc(-c3ccc(-c4cc(-c5cccnc5)cc(-c5cccnc5)c4)cc3)c3ccc4ccccc4c3n2)cc1.c1ccc(-c2cc(-c3ccc(-c4cc(-c5cnc6ccccc6c5)cc(-c5cnc6ccccc6c5)c4)cc3)nc3c2ccc2cccnc23)cc1. The number of aromatic nitrogens is 11. The van der Waals surface area contributed by atoms with Gasteiger partial charge in [-0.3, -0.25) is 39.9 Å². The van der Waals surface area contributed by atoms with Crippen molar-refractivity contribution in [3.63, 3.8) is 0 Å². The first-order valence-electron chi connectivity index (χ1n) is 49.6. The van der Waals surface area contributed by atoms with E-state index in [4.69, 9.17) is 44.9 Å². The first-order valence-corrected chi connectivity index (χ1v) is 49.6. The third-order valence-electron chi connectivity index (χ3n) is 28.1. The standard InChI is InChI=1S/2C48H30N4.C41H27N3/c1-2-9-32(10-3-1)43-28-46(52-48-42(43)21-20-34-13-8-22-49-47(34)48)33-18-16-31(17-19-33)37-25-38(40-23-35-11-4-6-14-44(35)50-29-40)27-39(26-37)41-24-36-12-5-7-15-45(36)51-30-41;1-2-9-33(10-3-1)46-28-43(42-21-20-34-15-8-22-49-47(34)48(42)52-46)32-18-16-31(17-19-32)39-23-40(44-26-35-11-4-6-13-37(35)29-50-44)25-41(24-39)45-27-36-12-5-7-14-38(36)30-51-45;1-2-9-31(10-3-1)40-25-39(38-19-18-29-8-4-5-13-37(29)41(38)44-40)30-16-14-28(15-17-30)34-22-35(32-11-6-20-42-26-32)24-36(23-34)33-12-7-21-43-27-33/h2*1-30H;1-27H. The Bertz CT molecular complexity index is 9660. The van der Waals surface area contributed by atoms with E-state index >= 15 is 0 Å². The van der Waals surface area contributed by atoms with Gasteiger partial charge in [0.05, 0.1) is 67.1 Å². The third-order valence-corrected chi connectivity index (χ3v) is 28.1. The van der Waals surface area contributed by atoms with Crippen LogP contribution in [0.25, 0.3) is 276 Å². The molecule has 0 unspecified atom stereocenters. The Morgan fingerprint density at radius 1 is 0.122 bits per heavy atom. The van der Waals surface area contributed by atoms with Gasteiger partial charge in [-0.25, -0.2) is 15.0 Å². The molecule has 0 bridgehead atoms. The lowest BCUT2D eigenvalue weighted by Crippen LogP contribution is -1.93. The zero-order valence-electron chi connectivity index (χ0n) is 80.1. The van der Waals surface area contributed by atoms with E-state index in [1.54, 1.807) is 0 Å². The summed E-state index contributed by atoms with van der Waals surface area (Å²) >= 11 is 0. The average Bonchev–Trinajstić information content (AvgIpc) is 0.770. The van der Waals surface area contributed by atoms with Crippen LogP contribution in [0.4, 0.5) is 0 Å². The van der Waals surface area contributed by atoms with Gasteiger partial charge >= 0.3 is 0 Å². The Hall–Kier alpha value is -20.0. The van der Waals surface area contributed by atoms with E-state index in [1.807, 2.05) is 123 Å². The summed E-state index contributed by atoms with van der Waals surface area (Å²) in [7, 11) is 0. The summed E-state index contributed by atoms with van der Waals surface area (Å²) in [6.07, 6.45) is 19.0. The highest BCUT2D eigenvalue weighted by atomic mass is 14.8. The fraction of sp³-hybridized carbons (Fsp3) is 0. The third kappa shape index (κ3) is 17.6. The lowest BCUT2D eigenvalue weighted by atomic mass is 9.92. The molecule has 11 heteroatoms. The Labute approximate surface area is 854 Å². The van der Waals surface area contributed by atoms with E-state index in [2.05, 4.69) is 416 Å². The zero-order chi connectivity index (χ0) is 98.2. The van der Waals surface area contributed by atoms with Gasteiger partial charge in [-0.15, -0.1) is 0 Å². The van der Waals surface area contributed by atoms with Crippen molar-refractivity contribution < 1.29 is 0 Å². The van der Waals surface area contributed by atoms with Gasteiger partial charge in [0.1, 0.15) is 0 Å². The minimum Gasteiger partial charge on any atom is -0.264 e. The molecular weight excluding hydrogens is 1800 g/mol. The smallest absolute Gasteiger partial charge is 0.0978 e. The maximum atomic E-state index is 5.24. The number of pyridine rings is 11. The number of rotatable bonds is 15. The van der Waals surface area contributed by atoms with Gasteiger partial charge in [0, 0.05) is 166 Å². The van der Waals surface area contributed by atoms with Gasteiger partial charge in [-0.2, -0.15) is 0 Å². The maximum absolute atomic E-state index is 5.24. The molecule has 0 N–H and O–H groups in total. The van der Waals surface area contributed by atoms with Crippen molar-refractivity contribution in [2.24, 2.45) is 0 Å². The van der Waals surface area contributed by atoms with Gasteiger partial charge in [0.2, 0.25) is 0 Å². The number of fused-ring (bicyclic) bond motifs is 13. The second-order valence-electron chi connectivity index (χ2n) is 37.3. The molecule has 148 heavy (non-hydrogen) atoms. The van der Waals surface area contributed by atoms with Crippen LogP contribution in [0.3, 0.4) is 0 Å². The molecule has 0 aliphatic heterocycles. The number of hydrogen-bond donors (Lipinski definition) is 0. The lowest BCUT2D eigenvalue weighted by molar-refractivity contribution is 1.32. The molecule has 0 amide bonds. The quantitative estimate of drug-likeness (QED) is 0.0906. The molecule has 0 fully saturated rings. The largest absolute Gasteiger partial charge is 0.264 e. The second kappa shape index (κ2) is 38.8. The van der Waals surface area contributed by atoms with Crippen molar-refractivity contribution in [2.75, 3.05) is 0 Å². The van der Waals surface area contributed by atoms with E-state index in [1.165, 1.54) is 10.9 Å². The van der Waals surface area contributed by atoms with Gasteiger partial charge in [0.15, 0.2) is 0 Å². The Morgan fingerprint density at radius 3 is 0.858 bits per heavy atom. The molecule has 0 spiro atoms. The first-order chi connectivity index (χ1) is 73.3. The Kier molecular flexibility index (Phi) is 23.1. The molecule has 28 rings (SSSR count). The fourth-order valence-corrected chi connectivity index (χ4v) is 20.5. The summed E-state index contributed by atoms with van der Waals surface area (Å²) in [6, 6.07) is 164. The molecule has 0 saturated carbocycles. The molecule has 0 aliphatic carbocycles. The number of hydrogen-bond acceptors (Lipinski definition) is 11. The van der Waals surface area contributed by atoms with Crippen LogP contribution in [0.2, 0.25) is 0 Å². The molecule has 690 valence electrons. The molecule has 28 aromatic rings. The molecule has 11 nitrogen and oxygen atoms in total. The van der Waals surface area contributed by atoms with Crippen molar-refractivity contribution in [1.29, 1.82) is 0 Å². The topological polar surface area (TPSA) is 142 Å². The van der Waals surface area contributed by atoms with Crippen molar-refractivity contribution in [2.45, 2.75) is 0 Å². The van der Waals surface area contributed by atoms with E-state index in [-0.39, 0.29) is 0 Å². The summed E-state index contributed by atoms with van der Waals surface area (Å²) in [5.41, 5.74) is 39.0. The van der Waals surface area contributed by atoms with Crippen LogP contribution < -0.4 is 0 Å². The van der Waals surface area contributed by atoms with Gasteiger partial charge in [-0.05, 0) is 239 Å². The Morgan fingerprint density at radius 2 is 0.426 bits per heavy atom. The molecule has 17 aromatic carbocycles. The van der Waals surface area contributed by atoms with E-state index in [0.717, 1.165) is 265 Å². The van der Waals surface area contributed by atoms with Crippen LogP contribution in [-0.4, -0.2) is 54.8 Å². The molecule has 0 aliphatic rings. The summed E-state index contributed by atoms with van der Waals surface area (Å²) in [6.45, 7) is 0. The fourth-order valence-electron chi connectivity index (χ4n) is 20.5. The summed E-state index contributed by atoms with van der Waals surface area (Å²) in [5.74, 6) is 0. The molecule has 11 heterocycles. The molecular formula is C137H87N11. The number of para-hydroxylation sites is 2. The highest BCUT2D eigenvalue weighted by Crippen LogP contribution is 2.45. The summed E-state index contributed by atoms with van der Waals surface area (Å²) in [4.78, 5) is 53.2. The van der Waals surface area contributed by atoms with E-state index < -0.39 is 0 Å². The zero-order valence-corrected chi connectivity index (χ0v) is 80.1. The van der Waals surface area contributed by atoms with E-state index in [9.17, 15) is 0 Å². The van der Waals surface area contributed by atoms with Crippen LogP contribution in [0.1, 0.15) is 0 Å². The van der Waals surface area contributed by atoms with Gasteiger partial charge in [0.25, 0.3) is 0 Å². The lowest BCUT2D eigenvalue weighted by Gasteiger charge is -2.14. The van der Waals surface area contributed by atoms with Crippen LogP contribution in [0.5, 0.6) is 0 Å². The monoisotopic (exact) mass is 1890 g/mol. The minimum atomic E-state index is 0.904. The van der Waals surface area contributed by atoms with Crippen LogP contribution >= 0.6 is 0 Å². The van der Waals surface area contributed by atoms with Gasteiger partial charge in [-0.1, -0.05) is 334 Å². The normalized spacial score (nSPS) is 11.4. The van der Waals surface area contributed by atoms with Gasteiger partial charge < -0.3 is 0 Å². The highest BCUT2D eigenvalue weighted by Gasteiger charge is 2.22. The first kappa shape index (κ1) is 88.2. The van der Waals surface area contributed by atoms with Crippen molar-refractivity contribution in [3.8, 4) is 168 Å². The molecule has 0 radical (unpaired) electrons. The number of nitrogens with zero attached hydrogens (tertiary/aromatic N) is 11. The predicted octanol–water partition coefficient (Wildman–Crippen LogP) is 34.9. The molecule has 0 saturated heterocycles. The molecule has 0 atom stereocenters.